The number of benzene rings is 1. The van der Waals surface area contributed by atoms with E-state index in [-0.39, 0.29) is 0 Å². The summed E-state index contributed by atoms with van der Waals surface area (Å²) >= 11 is 0. The number of β-amino-alcohol motifs (C(OH)–C–C–N with tert-alkyl or cyclic N) is 1. The van der Waals surface area contributed by atoms with Gasteiger partial charge in [0.2, 0.25) is 0 Å². The van der Waals surface area contributed by atoms with E-state index in [9.17, 15) is 13.9 Å². The van der Waals surface area contributed by atoms with Gasteiger partial charge in [0.15, 0.2) is 11.6 Å². The maximum atomic E-state index is 13.3. The minimum atomic E-state index is -0.897. The first-order valence-corrected chi connectivity index (χ1v) is 8.73. The zero-order chi connectivity index (χ0) is 16.2. The van der Waals surface area contributed by atoms with Gasteiger partial charge in [-0.3, -0.25) is 9.80 Å². The second-order valence-electron chi connectivity index (χ2n) is 6.84. The molecule has 3 nitrogen and oxygen atoms in total. The summed E-state index contributed by atoms with van der Waals surface area (Å²) in [5, 5.41) is 10.3. The highest BCUT2D eigenvalue weighted by atomic mass is 19.2. The molecule has 5 heteroatoms. The Morgan fingerprint density at radius 2 is 1.83 bits per heavy atom. The minimum Gasteiger partial charge on any atom is -0.387 e. The van der Waals surface area contributed by atoms with Crippen LogP contribution in [0.15, 0.2) is 18.2 Å². The molecule has 0 unspecified atom stereocenters. The van der Waals surface area contributed by atoms with Crippen molar-refractivity contribution in [1.29, 1.82) is 0 Å². The van der Waals surface area contributed by atoms with E-state index >= 15 is 0 Å². The van der Waals surface area contributed by atoms with Gasteiger partial charge >= 0.3 is 0 Å². The van der Waals surface area contributed by atoms with Crippen molar-refractivity contribution in [3.05, 3.63) is 35.4 Å². The lowest BCUT2D eigenvalue weighted by molar-refractivity contribution is 0.0499. The normalized spacial score (nSPS) is 25.4. The SMILES string of the molecule is O[C@H](CN1CCC[C@H](N2CCCCC2)C1)c1ccc(F)c(F)c1. The smallest absolute Gasteiger partial charge is 0.159 e. The fourth-order valence-corrected chi connectivity index (χ4v) is 3.85. The number of hydrogen-bond acceptors (Lipinski definition) is 3. The summed E-state index contributed by atoms with van der Waals surface area (Å²) in [6.07, 6.45) is 5.48. The first-order chi connectivity index (χ1) is 11.1. The molecule has 0 radical (unpaired) electrons. The molecule has 2 fully saturated rings. The quantitative estimate of drug-likeness (QED) is 0.922. The molecule has 2 aliphatic heterocycles. The summed E-state index contributed by atoms with van der Waals surface area (Å²) in [4.78, 5) is 4.84. The lowest BCUT2D eigenvalue weighted by Crippen LogP contribution is -2.50. The molecule has 3 rings (SSSR count). The molecule has 0 aliphatic carbocycles. The Labute approximate surface area is 136 Å². The molecule has 1 aromatic rings. The van der Waals surface area contributed by atoms with Crippen LogP contribution in [0.2, 0.25) is 0 Å². The van der Waals surface area contributed by atoms with Gasteiger partial charge in [0, 0.05) is 19.1 Å². The second kappa shape index (κ2) is 7.69. The number of aliphatic hydroxyl groups excluding tert-OH is 1. The number of aliphatic hydroxyl groups is 1. The van der Waals surface area contributed by atoms with Crippen molar-refractivity contribution < 1.29 is 13.9 Å². The Morgan fingerprint density at radius 3 is 2.57 bits per heavy atom. The fourth-order valence-electron chi connectivity index (χ4n) is 3.85. The molecule has 0 amide bonds. The van der Waals surface area contributed by atoms with E-state index in [0.29, 0.717) is 18.2 Å². The molecular weight excluding hydrogens is 298 g/mol. The number of hydrogen-bond donors (Lipinski definition) is 1. The molecule has 128 valence electrons. The van der Waals surface area contributed by atoms with E-state index in [2.05, 4.69) is 9.80 Å². The first-order valence-electron chi connectivity index (χ1n) is 8.73. The zero-order valence-electron chi connectivity index (χ0n) is 13.6. The van der Waals surface area contributed by atoms with E-state index in [4.69, 9.17) is 0 Å². The summed E-state index contributed by atoms with van der Waals surface area (Å²) in [6, 6.07) is 4.23. The van der Waals surface area contributed by atoms with Crippen LogP contribution in [0.25, 0.3) is 0 Å². The molecule has 0 saturated carbocycles. The zero-order valence-corrected chi connectivity index (χ0v) is 13.6. The van der Waals surface area contributed by atoms with E-state index in [1.165, 1.54) is 44.8 Å². The van der Waals surface area contributed by atoms with Gasteiger partial charge in [-0.05, 0) is 63.0 Å². The Balaban J connectivity index is 1.57. The predicted molar refractivity (Wildman–Crippen MR) is 86.2 cm³/mol. The second-order valence-corrected chi connectivity index (χ2v) is 6.84. The largest absolute Gasteiger partial charge is 0.387 e. The van der Waals surface area contributed by atoms with Crippen molar-refractivity contribution in [2.45, 2.75) is 44.2 Å². The molecule has 2 heterocycles. The van der Waals surface area contributed by atoms with Gasteiger partial charge in [-0.15, -0.1) is 0 Å². The lowest BCUT2D eigenvalue weighted by Gasteiger charge is -2.41. The van der Waals surface area contributed by atoms with Crippen molar-refractivity contribution >= 4 is 0 Å². The number of rotatable bonds is 4. The van der Waals surface area contributed by atoms with Crippen LogP contribution in [0.4, 0.5) is 8.78 Å². The van der Waals surface area contributed by atoms with Gasteiger partial charge in [-0.1, -0.05) is 12.5 Å². The molecule has 2 aliphatic rings. The molecule has 0 spiro atoms. The molecular formula is C18H26F2N2O. The van der Waals surface area contributed by atoms with Gasteiger partial charge in [0.05, 0.1) is 6.10 Å². The molecule has 0 bridgehead atoms. The third-order valence-electron chi connectivity index (χ3n) is 5.15. The average Bonchev–Trinajstić information content (AvgIpc) is 2.58. The number of halogens is 2. The maximum absolute atomic E-state index is 13.3. The third kappa shape index (κ3) is 4.28. The number of nitrogens with zero attached hydrogens (tertiary/aromatic N) is 2. The summed E-state index contributed by atoms with van der Waals surface area (Å²) < 4.78 is 26.3. The van der Waals surface area contributed by atoms with Crippen LogP contribution in [0, 0.1) is 11.6 Å². The molecule has 2 saturated heterocycles. The van der Waals surface area contributed by atoms with Crippen molar-refractivity contribution in [3.63, 3.8) is 0 Å². The fraction of sp³-hybridized carbons (Fsp3) is 0.667. The molecule has 0 aromatic heterocycles. The minimum absolute atomic E-state index is 0.448. The maximum Gasteiger partial charge on any atom is 0.159 e. The highest BCUT2D eigenvalue weighted by molar-refractivity contribution is 5.20. The summed E-state index contributed by atoms with van der Waals surface area (Å²) in [5.41, 5.74) is 0.448. The van der Waals surface area contributed by atoms with Crippen molar-refractivity contribution in [2.75, 3.05) is 32.7 Å². The average molecular weight is 324 g/mol. The van der Waals surface area contributed by atoms with Gasteiger partial charge in [-0.2, -0.15) is 0 Å². The summed E-state index contributed by atoms with van der Waals surface area (Å²) in [6.45, 7) is 4.77. The Morgan fingerprint density at radius 1 is 1.04 bits per heavy atom. The van der Waals surface area contributed by atoms with Crippen LogP contribution in [0.5, 0.6) is 0 Å². The van der Waals surface area contributed by atoms with E-state index < -0.39 is 17.7 Å². The van der Waals surface area contributed by atoms with Gasteiger partial charge < -0.3 is 5.11 Å². The van der Waals surface area contributed by atoms with Crippen LogP contribution < -0.4 is 0 Å². The molecule has 2 atom stereocenters. The Bertz CT molecular complexity index is 520. The number of likely N-dealkylation sites (tertiary alicyclic amines) is 2. The monoisotopic (exact) mass is 324 g/mol. The predicted octanol–water partition coefficient (Wildman–Crippen LogP) is 2.95. The molecule has 1 aromatic carbocycles. The van der Waals surface area contributed by atoms with Crippen LogP contribution in [-0.4, -0.2) is 53.7 Å². The van der Waals surface area contributed by atoms with Crippen molar-refractivity contribution in [3.8, 4) is 0 Å². The molecule has 23 heavy (non-hydrogen) atoms. The van der Waals surface area contributed by atoms with E-state index in [1.807, 2.05) is 0 Å². The third-order valence-corrected chi connectivity index (χ3v) is 5.15. The van der Waals surface area contributed by atoms with Gasteiger partial charge in [0.25, 0.3) is 0 Å². The molecule has 1 N–H and O–H groups in total. The van der Waals surface area contributed by atoms with Crippen LogP contribution in [-0.2, 0) is 0 Å². The topological polar surface area (TPSA) is 26.7 Å². The van der Waals surface area contributed by atoms with Crippen molar-refractivity contribution in [1.82, 2.24) is 9.80 Å². The Hall–Kier alpha value is -1.04. The van der Waals surface area contributed by atoms with E-state index in [1.54, 1.807) is 0 Å². The van der Waals surface area contributed by atoms with Crippen LogP contribution in [0.3, 0.4) is 0 Å². The van der Waals surface area contributed by atoms with Gasteiger partial charge in [0.1, 0.15) is 0 Å². The van der Waals surface area contributed by atoms with Crippen molar-refractivity contribution in [2.24, 2.45) is 0 Å². The number of piperidine rings is 2. The highest BCUT2D eigenvalue weighted by Crippen LogP contribution is 2.23. The first kappa shape index (κ1) is 16.8. The standard InChI is InChI=1S/C18H26F2N2O/c19-16-7-6-14(11-17(16)20)18(23)13-21-8-4-5-15(12-21)22-9-2-1-3-10-22/h6-7,11,15,18,23H,1-5,8-10,12-13H2/t15-,18+/m0/s1. The highest BCUT2D eigenvalue weighted by Gasteiger charge is 2.27. The van der Waals surface area contributed by atoms with Gasteiger partial charge in [-0.25, -0.2) is 8.78 Å². The van der Waals surface area contributed by atoms with E-state index in [0.717, 1.165) is 31.6 Å². The van der Waals surface area contributed by atoms with Crippen LogP contribution >= 0.6 is 0 Å². The Kier molecular flexibility index (Phi) is 5.62. The lowest BCUT2D eigenvalue weighted by atomic mass is 10.00. The summed E-state index contributed by atoms with van der Waals surface area (Å²) in [7, 11) is 0. The van der Waals surface area contributed by atoms with Crippen LogP contribution in [0.1, 0.15) is 43.8 Å². The summed E-state index contributed by atoms with van der Waals surface area (Å²) in [5.74, 6) is -1.77.